The zero-order chi connectivity index (χ0) is 10.1. The second-order valence-electron chi connectivity index (χ2n) is 2.31. The second kappa shape index (κ2) is 3.84. The van der Waals surface area contributed by atoms with Crippen molar-refractivity contribution >= 4 is 27.5 Å². The van der Waals surface area contributed by atoms with Crippen LogP contribution in [0.15, 0.2) is 12.3 Å². The molecule has 0 fully saturated rings. The van der Waals surface area contributed by atoms with Gasteiger partial charge in [0.05, 0.1) is 5.56 Å². The third kappa shape index (κ3) is 2.57. The second-order valence-corrected chi connectivity index (χ2v) is 3.23. The maximum Gasteiger partial charge on any atom is 0.419 e. The number of alkyl halides is 4. The molecule has 0 aromatic carbocycles. The molecular weight excluding hydrogens is 270 g/mol. The fraction of sp³-hybridized carbons (Fsp3) is 0.286. The molecular formula is C7H4BrClF3N. The molecule has 0 spiro atoms. The van der Waals surface area contributed by atoms with Crippen LogP contribution < -0.4 is 0 Å². The summed E-state index contributed by atoms with van der Waals surface area (Å²) in [7, 11) is 0. The molecule has 0 bridgehead atoms. The van der Waals surface area contributed by atoms with Gasteiger partial charge in [0, 0.05) is 11.5 Å². The summed E-state index contributed by atoms with van der Waals surface area (Å²) in [5, 5.41) is -0.197. The zero-order valence-electron chi connectivity index (χ0n) is 6.20. The highest BCUT2D eigenvalue weighted by Crippen LogP contribution is 2.34. The molecule has 0 aliphatic carbocycles. The molecule has 1 rings (SSSR count). The van der Waals surface area contributed by atoms with Crippen LogP contribution in [0.4, 0.5) is 13.2 Å². The summed E-state index contributed by atoms with van der Waals surface area (Å²) in [6.45, 7) is 0. The molecule has 1 aromatic rings. The summed E-state index contributed by atoms with van der Waals surface area (Å²) in [5.41, 5.74) is -0.456. The fourth-order valence-electron chi connectivity index (χ4n) is 0.763. The topological polar surface area (TPSA) is 12.9 Å². The van der Waals surface area contributed by atoms with Gasteiger partial charge in [-0.1, -0.05) is 27.5 Å². The van der Waals surface area contributed by atoms with Gasteiger partial charge < -0.3 is 0 Å². The van der Waals surface area contributed by atoms with Gasteiger partial charge in [-0.3, -0.25) is 0 Å². The minimum absolute atomic E-state index is 0.320. The van der Waals surface area contributed by atoms with Crippen LogP contribution in [0, 0.1) is 0 Å². The Hall–Kier alpha value is -0.290. The van der Waals surface area contributed by atoms with E-state index in [-0.39, 0.29) is 0 Å². The van der Waals surface area contributed by atoms with E-state index in [0.29, 0.717) is 10.9 Å². The highest BCUT2D eigenvalue weighted by molar-refractivity contribution is 9.08. The average Bonchev–Trinajstić information content (AvgIpc) is 2.03. The lowest BCUT2D eigenvalue weighted by atomic mass is 10.2. The van der Waals surface area contributed by atoms with Crippen LogP contribution >= 0.6 is 27.5 Å². The van der Waals surface area contributed by atoms with E-state index < -0.39 is 16.9 Å². The van der Waals surface area contributed by atoms with Crippen LogP contribution in [0.1, 0.15) is 11.1 Å². The van der Waals surface area contributed by atoms with E-state index in [1.54, 1.807) is 0 Å². The van der Waals surface area contributed by atoms with E-state index in [2.05, 4.69) is 20.9 Å². The molecule has 0 aliphatic rings. The molecule has 0 saturated carbocycles. The molecule has 6 heteroatoms. The van der Waals surface area contributed by atoms with Crippen molar-refractivity contribution in [2.75, 3.05) is 0 Å². The standard InChI is InChI=1S/C7H4BrClF3N/c8-2-4-1-5(7(10,11)12)6(9)13-3-4/h1,3H,2H2. The quantitative estimate of drug-likeness (QED) is 0.563. The van der Waals surface area contributed by atoms with E-state index in [1.807, 2.05) is 0 Å². The third-order valence-corrected chi connectivity index (χ3v) is 2.30. The number of hydrogen-bond acceptors (Lipinski definition) is 1. The van der Waals surface area contributed by atoms with Crippen LogP contribution in [0.3, 0.4) is 0 Å². The Balaban J connectivity index is 3.19. The van der Waals surface area contributed by atoms with Crippen molar-refractivity contribution in [2.24, 2.45) is 0 Å². The Labute approximate surface area is 86.0 Å². The number of rotatable bonds is 1. The maximum absolute atomic E-state index is 12.2. The SMILES string of the molecule is FC(F)(F)c1cc(CBr)cnc1Cl. The molecule has 0 radical (unpaired) electrons. The van der Waals surface area contributed by atoms with E-state index >= 15 is 0 Å². The van der Waals surface area contributed by atoms with Gasteiger partial charge in [-0.2, -0.15) is 13.2 Å². The number of nitrogens with zero attached hydrogens (tertiary/aromatic N) is 1. The van der Waals surface area contributed by atoms with E-state index in [9.17, 15) is 13.2 Å². The Morgan fingerprint density at radius 3 is 2.54 bits per heavy atom. The minimum atomic E-state index is -4.44. The molecule has 0 N–H and O–H groups in total. The fourth-order valence-corrected chi connectivity index (χ4v) is 1.28. The molecule has 1 nitrogen and oxygen atoms in total. The first kappa shape index (κ1) is 10.8. The summed E-state index contributed by atoms with van der Waals surface area (Å²) < 4.78 is 36.7. The normalized spacial score (nSPS) is 11.8. The Bertz CT molecular complexity index is 313. The maximum atomic E-state index is 12.2. The van der Waals surface area contributed by atoms with Gasteiger partial charge >= 0.3 is 6.18 Å². The van der Waals surface area contributed by atoms with Crippen molar-refractivity contribution in [1.29, 1.82) is 0 Å². The molecule has 72 valence electrons. The van der Waals surface area contributed by atoms with Gasteiger partial charge in [0.2, 0.25) is 0 Å². The van der Waals surface area contributed by atoms with Crippen LogP contribution in [-0.4, -0.2) is 4.98 Å². The van der Waals surface area contributed by atoms with E-state index in [0.717, 1.165) is 6.07 Å². The van der Waals surface area contributed by atoms with Crippen molar-refractivity contribution in [1.82, 2.24) is 4.98 Å². The lowest BCUT2D eigenvalue weighted by Crippen LogP contribution is -2.07. The van der Waals surface area contributed by atoms with Gasteiger partial charge in [-0.15, -0.1) is 0 Å². The van der Waals surface area contributed by atoms with Crippen molar-refractivity contribution in [3.05, 3.63) is 28.5 Å². The van der Waals surface area contributed by atoms with Crippen molar-refractivity contribution in [3.63, 3.8) is 0 Å². The Kier molecular flexibility index (Phi) is 3.18. The highest BCUT2D eigenvalue weighted by Gasteiger charge is 2.34. The van der Waals surface area contributed by atoms with Gasteiger partial charge in [-0.25, -0.2) is 4.98 Å². The zero-order valence-corrected chi connectivity index (χ0v) is 8.54. The number of hydrogen-bond donors (Lipinski definition) is 0. The Morgan fingerprint density at radius 2 is 2.08 bits per heavy atom. The van der Waals surface area contributed by atoms with Gasteiger partial charge in [0.25, 0.3) is 0 Å². The van der Waals surface area contributed by atoms with Crippen molar-refractivity contribution in [3.8, 4) is 0 Å². The third-order valence-electron chi connectivity index (χ3n) is 1.36. The predicted octanol–water partition coefficient (Wildman–Crippen LogP) is 3.65. The number of pyridine rings is 1. The largest absolute Gasteiger partial charge is 0.419 e. The molecule has 1 aromatic heterocycles. The minimum Gasteiger partial charge on any atom is -0.244 e. The molecule has 0 saturated heterocycles. The molecule has 0 unspecified atom stereocenters. The van der Waals surface area contributed by atoms with Crippen molar-refractivity contribution < 1.29 is 13.2 Å². The van der Waals surface area contributed by atoms with E-state index in [1.165, 1.54) is 6.20 Å². The smallest absolute Gasteiger partial charge is 0.244 e. The van der Waals surface area contributed by atoms with Gasteiger partial charge in [0.1, 0.15) is 5.15 Å². The summed E-state index contributed by atoms with van der Waals surface area (Å²) in [5.74, 6) is 0. The van der Waals surface area contributed by atoms with Crippen LogP contribution in [0.5, 0.6) is 0 Å². The summed E-state index contributed by atoms with van der Waals surface area (Å²) >= 11 is 8.32. The molecule has 1 heterocycles. The first-order chi connectivity index (χ1) is 5.95. The van der Waals surface area contributed by atoms with Gasteiger partial charge in [-0.05, 0) is 11.6 Å². The van der Waals surface area contributed by atoms with Crippen LogP contribution in [-0.2, 0) is 11.5 Å². The highest BCUT2D eigenvalue weighted by atomic mass is 79.9. The summed E-state index contributed by atoms with van der Waals surface area (Å²) in [6, 6.07) is 0.976. The van der Waals surface area contributed by atoms with Crippen LogP contribution in [0.25, 0.3) is 0 Å². The monoisotopic (exact) mass is 273 g/mol. The molecule has 0 amide bonds. The first-order valence-corrected chi connectivity index (χ1v) is 4.72. The van der Waals surface area contributed by atoms with E-state index in [4.69, 9.17) is 11.6 Å². The number of aromatic nitrogens is 1. The molecule has 0 aliphatic heterocycles. The molecule has 13 heavy (non-hydrogen) atoms. The predicted molar refractivity (Wildman–Crippen MR) is 46.9 cm³/mol. The lowest BCUT2D eigenvalue weighted by Gasteiger charge is -2.08. The molecule has 0 atom stereocenters. The summed E-state index contributed by atoms with van der Waals surface area (Å²) in [6.07, 6.45) is -3.14. The van der Waals surface area contributed by atoms with Gasteiger partial charge in [0.15, 0.2) is 0 Å². The van der Waals surface area contributed by atoms with Crippen LogP contribution in [0.2, 0.25) is 5.15 Å². The Morgan fingerprint density at radius 1 is 1.46 bits per heavy atom. The lowest BCUT2D eigenvalue weighted by molar-refractivity contribution is -0.137. The number of halogens is 5. The summed E-state index contributed by atoms with van der Waals surface area (Å²) in [4.78, 5) is 3.43. The average molecular weight is 274 g/mol. The van der Waals surface area contributed by atoms with Crippen molar-refractivity contribution in [2.45, 2.75) is 11.5 Å². The first-order valence-electron chi connectivity index (χ1n) is 3.22.